The number of halogens is 1. The first-order chi connectivity index (χ1) is 15.4. The van der Waals surface area contributed by atoms with Gasteiger partial charge in [-0.05, 0) is 51.0 Å². The van der Waals surface area contributed by atoms with Gasteiger partial charge in [0.25, 0.3) is 5.56 Å². The summed E-state index contributed by atoms with van der Waals surface area (Å²) in [4.78, 5) is 18.2. The lowest BCUT2D eigenvalue weighted by Crippen LogP contribution is -2.23. The SMILES string of the molecule is CC[C@@H](C)c1nc2ccc(Br)cc2c(=O)n1N=Cc1c(C)n([C@H](C)CC)c2ccccc12. The van der Waals surface area contributed by atoms with Crippen LogP contribution in [0, 0.1) is 6.92 Å². The van der Waals surface area contributed by atoms with E-state index in [1.54, 1.807) is 0 Å². The highest BCUT2D eigenvalue weighted by atomic mass is 79.9. The minimum atomic E-state index is -0.147. The summed E-state index contributed by atoms with van der Waals surface area (Å²) in [5.74, 6) is 0.794. The van der Waals surface area contributed by atoms with Crippen LogP contribution in [-0.2, 0) is 0 Å². The normalized spacial score (nSPS) is 13.9. The van der Waals surface area contributed by atoms with E-state index < -0.39 is 0 Å². The van der Waals surface area contributed by atoms with E-state index in [4.69, 9.17) is 10.1 Å². The maximum absolute atomic E-state index is 13.4. The first-order valence-electron chi connectivity index (χ1n) is 11.2. The van der Waals surface area contributed by atoms with E-state index in [2.05, 4.69) is 73.3 Å². The van der Waals surface area contributed by atoms with Gasteiger partial charge in [-0.1, -0.05) is 54.9 Å². The zero-order valence-corrected chi connectivity index (χ0v) is 20.8. The van der Waals surface area contributed by atoms with Gasteiger partial charge in [-0.2, -0.15) is 9.78 Å². The van der Waals surface area contributed by atoms with Gasteiger partial charge in [0.15, 0.2) is 0 Å². The van der Waals surface area contributed by atoms with Gasteiger partial charge in [-0.25, -0.2) is 4.98 Å². The molecule has 0 fully saturated rings. The molecule has 0 aliphatic carbocycles. The fourth-order valence-corrected chi connectivity index (χ4v) is 4.59. The van der Waals surface area contributed by atoms with Crippen LogP contribution >= 0.6 is 15.9 Å². The Morgan fingerprint density at radius 2 is 1.84 bits per heavy atom. The van der Waals surface area contributed by atoms with Crippen molar-refractivity contribution in [1.29, 1.82) is 0 Å². The number of nitrogens with zero attached hydrogens (tertiary/aromatic N) is 4. The molecule has 6 heteroatoms. The summed E-state index contributed by atoms with van der Waals surface area (Å²) in [6.07, 6.45) is 3.74. The molecule has 4 rings (SSSR count). The van der Waals surface area contributed by atoms with Crippen molar-refractivity contribution in [2.45, 2.75) is 59.4 Å². The van der Waals surface area contributed by atoms with E-state index >= 15 is 0 Å². The van der Waals surface area contributed by atoms with Gasteiger partial charge >= 0.3 is 0 Å². The van der Waals surface area contributed by atoms with Crippen molar-refractivity contribution in [3.05, 3.63) is 74.4 Å². The second-order valence-corrected chi connectivity index (χ2v) is 9.36. The number of fused-ring (bicyclic) bond motifs is 2. The predicted octanol–water partition coefficient (Wildman–Crippen LogP) is 6.79. The molecule has 0 N–H and O–H groups in total. The molecule has 32 heavy (non-hydrogen) atoms. The average Bonchev–Trinajstić information content (AvgIpc) is 3.08. The van der Waals surface area contributed by atoms with Crippen molar-refractivity contribution in [1.82, 2.24) is 14.2 Å². The molecular formula is C26H29BrN4O. The first kappa shape index (κ1) is 22.5. The van der Waals surface area contributed by atoms with Crippen LogP contribution in [0.25, 0.3) is 21.8 Å². The van der Waals surface area contributed by atoms with Crippen LogP contribution in [0.3, 0.4) is 0 Å². The van der Waals surface area contributed by atoms with Crippen LogP contribution in [0.1, 0.15) is 69.6 Å². The molecule has 5 nitrogen and oxygen atoms in total. The fraction of sp³-hybridized carbons (Fsp3) is 0.346. The summed E-state index contributed by atoms with van der Waals surface area (Å²) in [6.45, 7) is 10.7. The minimum absolute atomic E-state index is 0.107. The molecule has 0 bridgehead atoms. The van der Waals surface area contributed by atoms with Crippen LogP contribution in [0.15, 0.2) is 56.8 Å². The van der Waals surface area contributed by atoms with Gasteiger partial charge in [-0.15, -0.1) is 0 Å². The van der Waals surface area contributed by atoms with Crippen molar-refractivity contribution in [3.8, 4) is 0 Å². The maximum atomic E-state index is 13.4. The van der Waals surface area contributed by atoms with Crippen molar-refractivity contribution in [2.75, 3.05) is 0 Å². The summed E-state index contributed by atoms with van der Waals surface area (Å²) in [5, 5.41) is 6.42. The lowest BCUT2D eigenvalue weighted by Gasteiger charge is -2.15. The molecular weight excluding hydrogens is 464 g/mol. The molecule has 0 amide bonds. The largest absolute Gasteiger partial charge is 0.341 e. The van der Waals surface area contributed by atoms with Gasteiger partial charge in [-0.3, -0.25) is 4.79 Å². The summed E-state index contributed by atoms with van der Waals surface area (Å²) in [6, 6.07) is 14.4. The highest BCUT2D eigenvalue weighted by molar-refractivity contribution is 9.10. The summed E-state index contributed by atoms with van der Waals surface area (Å²) in [7, 11) is 0. The third kappa shape index (κ3) is 3.81. The van der Waals surface area contributed by atoms with Gasteiger partial charge in [0.2, 0.25) is 0 Å². The smallest absolute Gasteiger partial charge is 0.282 e. The van der Waals surface area contributed by atoms with Gasteiger partial charge < -0.3 is 4.57 Å². The lowest BCUT2D eigenvalue weighted by molar-refractivity contribution is 0.537. The average molecular weight is 493 g/mol. The lowest BCUT2D eigenvalue weighted by atomic mass is 10.1. The predicted molar refractivity (Wildman–Crippen MR) is 137 cm³/mol. The van der Waals surface area contributed by atoms with E-state index in [9.17, 15) is 4.79 Å². The van der Waals surface area contributed by atoms with Gasteiger partial charge in [0.05, 0.1) is 17.1 Å². The first-order valence-corrected chi connectivity index (χ1v) is 12.0. The number of para-hydroxylation sites is 1. The Bertz CT molecular complexity index is 1380. The molecule has 2 atom stereocenters. The van der Waals surface area contributed by atoms with Crippen LogP contribution in [-0.4, -0.2) is 20.4 Å². The molecule has 0 saturated heterocycles. The standard InChI is InChI=1S/C26H29BrN4O/c1-6-16(3)25-29-23-13-12-19(27)14-21(23)26(32)31(25)28-15-22-18(5)30(17(4)7-2)24-11-9-8-10-20(22)24/h8-17H,6-7H2,1-5H3/t16-,17-/m1/s1. The Labute approximate surface area is 196 Å². The van der Waals surface area contributed by atoms with Crippen LogP contribution < -0.4 is 5.56 Å². The molecule has 0 aliphatic rings. The molecule has 0 radical (unpaired) electrons. The van der Waals surface area contributed by atoms with E-state index in [0.29, 0.717) is 22.8 Å². The number of benzene rings is 2. The molecule has 4 aromatic rings. The van der Waals surface area contributed by atoms with E-state index in [1.165, 1.54) is 10.2 Å². The van der Waals surface area contributed by atoms with Crippen molar-refractivity contribution in [2.24, 2.45) is 5.10 Å². The zero-order valence-electron chi connectivity index (χ0n) is 19.3. The molecule has 166 valence electrons. The number of aromatic nitrogens is 3. The Morgan fingerprint density at radius 1 is 1.09 bits per heavy atom. The van der Waals surface area contributed by atoms with Gasteiger partial charge in [0.1, 0.15) is 5.82 Å². The number of rotatable bonds is 6. The Morgan fingerprint density at radius 3 is 2.56 bits per heavy atom. The summed E-state index contributed by atoms with van der Waals surface area (Å²) in [5.41, 5.74) is 3.93. The summed E-state index contributed by atoms with van der Waals surface area (Å²) < 4.78 is 4.70. The highest BCUT2D eigenvalue weighted by Crippen LogP contribution is 2.29. The Balaban J connectivity index is 1.95. The molecule has 0 unspecified atom stereocenters. The second kappa shape index (κ2) is 9.02. The van der Waals surface area contributed by atoms with Crippen LogP contribution in [0.2, 0.25) is 0 Å². The molecule has 2 heterocycles. The Hall–Kier alpha value is -2.73. The Kier molecular flexibility index (Phi) is 6.33. The van der Waals surface area contributed by atoms with E-state index in [0.717, 1.165) is 34.0 Å². The third-order valence-electron chi connectivity index (χ3n) is 6.43. The maximum Gasteiger partial charge on any atom is 0.282 e. The van der Waals surface area contributed by atoms with Crippen LogP contribution in [0.4, 0.5) is 0 Å². The zero-order chi connectivity index (χ0) is 23.0. The van der Waals surface area contributed by atoms with E-state index in [1.807, 2.05) is 30.5 Å². The van der Waals surface area contributed by atoms with Crippen molar-refractivity contribution in [3.63, 3.8) is 0 Å². The van der Waals surface area contributed by atoms with E-state index in [-0.39, 0.29) is 11.5 Å². The monoisotopic (exact) mass is 492 g/mol. The molecule has 0 saturated carbocycles. The quantitative estimate of drug-likeness (QED) is 0.278. The topological polar surface area (TPSA) is 52.2 Å². The molecule has 0 spiro atoms. The summed E-state index contributed by atoms with van der Waals surface area (Å²) >= 11 is 3.47. The van der Waals surface area contributed by atoms with Gasteiger partial charge in [0, 0.05) is 38.6 Å². The minimum Gasteiger partial charge on any atom is -0.341 e. The number of hydrogen-bond donors (Lipinski definition) is 0. The molecule has 2 aromatic heterocycles. The van der Waals surface area contributed by atoms with Crippen molar-refractivity contribution < 1.29 is 0 Å². The van der Waals surface area contributed by atoms with Crippen LogP contribution in [0.5, 0.6) is 0 Å². The van der Waals surface area contributed by atoms with Crippen molar-refractivity contribution >= 4 is 44.0 Å². The second-order valence-electron chi connectivity index (χ2n) is 8.45. The fourth-order valence-electron chi connectivity index (χ4n) is 4.22. The molecule has 0 aliphatic heterocycles. The highest BCUT2D eigenvalue weighted by Gasteiger charge is 2.18. The number of hydrogen-bond acceptors (Lipinski definition) is 3. The molecule has 2 aromatic carbocycles. The third-order valence-corrected chi connectivity index (χ3v) is 6.92.